The molecule has 0 fully saturated rings. The summed E-state index contributed by atoms with van der Waals surface area (Å²) in [4.78, 5) is 27.0. The van der Waals surface area contributed by atoms with Gasteiger partial charge in [0, 0.05) is 17.1 Å². The van der Waals surface area contributed by atoms with E-state index in [1.165, 1.54) is 11.2 Å². The lowest BCUT2D eigenvalue weighted by Gasteiger charge is -2.26. The molecule has 136 valence electrons. The first-order valence-corrected chi connectivity index (χ1v) is 8.78. The molecule has 2 heterocycles. The first-order chi connectivity index (χ1) is 12.3. The molecule has 3 rings (SSSR count). The van der Waals surface area contributed by atoms with Crippen LogP contribution in [0.4, 0.5) is 5.69 Å². The molecule has 1 aliphatic heterocycles. The normalized spacial score (nSPS) is 17.5. The van der Waals surface area contributed by atoms with Gasteiger partial charge < -0.3 is 9.52 Å². The Kier molecular flexibility index (Phi) is 4.92. The number of benzene rings is 1. The van der Waals surface area contributed by atoms with Gasteiger partial charge in [0.1, 0.15) is 11.8 Å². The molecule has 26 heavy (non-hydrogen) atoms. The number of aryl methyl sites for hydroxylation is 1. The number of Topliss-reactive ketones (excluding diaryl/α,β-unsaturated/α-hetero) is 1. The number of nitrogens with zero attached hydrogens (tertiary/aromatic N) is 1. The molecule has 1 N–H and O–H groups in total. The van der Waals surface area contributed by atoms with Gasteiger partial charge in [0.25, 0.3) is 5.91 Å². The number of carbonyl (C=O) groups excluding carboxylic acids is 2. The summed E-state index contributed by atoms with van der Waals surface area (Å²) in [6.45, 7) is 5.64. The number of halogens is 1. The van der Waals surface area contributed by atoms with Gasteiger partial charge in [-0.15, -0.1) is 0 Å². The summed E-state index contributed by atoms with van der Waals surface area (Å²) < 4.78 is 5.50. The Morgan fingerprint density at radius 2 is 2.08 bits per heavy atom. The van der Waals surface area contributed by atoms with E-state index in [1.807, 2.05) is 20.8 Å². The summed E-state index contributed by atoms with van der Waals surface area (Å²) in [6.07, 6.45) is 1.71. The summed E-state index contributed by atoms with van der Waals surface area (Å²) in [6, 6.07) is 7.68. The first-order valence-electron chi connectivity index (χ1n) is 8.40. The van der Waals surface area contributed by atoms with Gasteiger partial charge in [-0.2, -0.15) is 0 Å². The third-order valence-corrected chi connectivity index (χ3v) is 4.57. The Bertz CT molecular complexity index is 883. The van der Waals surface area contributed by atoms with E-state index in [0.29, 0.717) is 16.5 Å². The van der Waals surface area contributed by atoms with E-state index >= 15 is 0 Å². The molecule has 1 unspecified atom stereocenters. The van der Waals surface area contributed by atoms with Gasteiger partial charge in [-0.1, -0.05) is 25.4 Å². The molecule has 0 spiro atoms. The fraction of sp³-hybridized carbons (Fsp3) is 0.300. The van der Waals surface area contributed by atoms with E-state index in [0.717, 1.165) is 5.56 Å². The zero-order valence-corrected chi connectivity index (χ0v) is 15.6. The van der Waals surface area contributed by atoms with Crippen LogP contribution in [0.3, 0.4) is 0 Å². The number of anilines is 1. The van der Waals surface area contributed by atoms with Crippen molar-refractivity contribution in [3.63, 3.8) is 0 Å². The number of amides is 1. The van der Waals surface area contributed by atoms with E-state index in [9.17, 15) is 14.7 Å². The summed E-state index contributed by atoms with van der Waals surface area (Å²) >= 11 is 6.03. The van der Waals surface area contributed by atoms with Gasteiger partial charge >= 0.3 is 0 Å². The number of aliphatic hydroxyl groups is 1. The molecule has 0 saturated carbocycles. The second-order valence-corrected chi connectivity index (χ2v) is 7.24. The van der Waals surface area contributed by atoms with Crippen molar-refractivity contribution >= 4 is 29.0 Å². The number of ketones is 1. The van der Waals surface area contributed by atoms with Crippen LogP contribution in [0.25, 0.3) is 0 Å². The lowest BCUT2D eigenvalue weighted by Crippen LogP contribution is -2.31. The fourth-order valence-electron chi connectivity index (χ4n) is 3.22. The minimum atomic E-state index is -0.802. The highest BCUT2D eigenvalue weighted by Crippen LogP contribution is 2.43. The predicted octanol–water partition coefficient (Wildman–Crippen LogP) is 4.76. The molecule has 1 aliphatic rings. The third-order valence-electron chi connectivity index (χ3n) is 4.33. The van der Waals surface area contributed by atoms with Crippen LogP contribution < -0.4 is 4.90 Å². The van der Waals surface area contributed by atoms with Crippen molar-refractivity contribution in [2.24, 2.45) is 5.92 Å². The highest BCUT2D eigenvalue weighted by atomic mass is 35.5. The van der Waals surface area contributed by atoms with Crippen molar-refractivity contribution in [2.75, 3.05) is 4.90 Å². The van der Waals surface area contributed by atoms with Crippen molar-refractivity contribution in [3.05, 3.63) is 64.3 Å². The maximum atomic E-state index is 12.8. The highest BCUT2D eigenvalue weighted by molar-refractivity contribution is 6.30. The number of aliphatic hydroxyl groups excluding tert-OH is 1. The average molecular weight is 374 g/mol. The molecule has 2 aromatic rings. The van der Waals surface area contributed by atoms with Gasteiger partial charge in [-0.05, 0) is 48.7 Å². The molecule has 5 nitrogen and oxygen atoms in total. The molecule has 1 aromatic carbocycles. The Balaban J connectivity index is 2.14. The largest absolute Gasteiger partial charge is 0.503 e. The van der Waals surface area contributed by atoms with Crippen LogP contribution in [0.2, 0.25) is 5.02 Å². The SMILES string of the molecule is Cc1cc(Cl)ccc1N1C(=O)C(O)=C(C(=O)CC(C)C)C1c1ccco1. The molecule has 0 bridgehead atoms. The van der Waals surface area contributed by atoms with Gasteiger partial charge in [0.2, 0.25) is 0 Å². The first kappa shape index (κ1) is 18.3. The van der Waals surface area contributed by atoms with Crippen LogP contribution in [0.1, 0.15) is 37.6 Å². The lowest BCUT2D eigenvalue weighted by molar-refractivity contribution is -0.118. The fourth-order valence-corrected chi connectivity index (χ4v) is 3.45. The van der Waals surface area contributed by atoms with Crippen LogP contribution >= 0.6 is 11.6 Å². The molecule has 0 radical (unpaired) electrons. The number of hydrogen-bond donors (Lipinski definition) is 1. The van der Waals surface area contributed by atoms with Gasteiger partial charge in [-0.3, -0.25) is 14.5 Å². The zero-order chi connectivity index (χ0) is 19.0. The summed E-state index contributed by atoms with van der Waals surface area (Å²) in [5.74, 6) is -0.887. The number of furan rings is 1. The molecule has 1 aromatic heterocycles. The Morgan fingerprint density at radius 3 is 2.65 bits per heavy atom. The second kappa shape index (κ2) is 7.00. The van der Waals surface area contributed by atoms with Crippen molar-refractivity contribution in [1.82, 2.24) is 0 Å². The van der Waals surface area contributed by atoms with Gasteiger partial charge in [0.05, 0.1) is 11.8 Å². The van der Waals surface area contributed by atoms with Crippen LogP contribution in [0.5, 0.6) is 0 Å². The summed E-state index contributed by atoms with van der Waals surface area (Å²) in [5, 5.41) is 11.0. The lowest BCUT2D eigenvalue weighted by atomic mass is 9.95. The van der Waals surface area contributed by atoms with Gasteiger partial charge in [0.15, 0.2) is 11.5 Å². The predicted molar refractivity (Wildman–Crippen MR) is 99.2 cm³/mol. The Morgan fingerprint density at radius 1 is 1.35 bits per heavy atom. The topological polar surface area (TPSA) is 70.8 Å². The smallest absolute Gasteiger partial charge is 0.294 e. The molecular weight excluding hydrogens is 354 g/mol. The minimum Gasteiger partial charge on any atom is -0.503 e. The molecule has 0 saturated heterocycles. The maximum absolute atomic E-state index is 12.8. The highest BCUT2D eigenvalue weighted by Gasteiger charge is 2.46. The van der Waals surface area contributed by atoms with E-state index in [4.69, 9.17) is 16.0 Å². The summed E-state index contributed by atoms with van der Waals surface area (Å²) in [7, 11) is 0. The Hall–Kier alpha value is -2.53. The second-order valence-electron chi connectivity index (χ2n) is 6.81. The van der Waals surface area contributed by atoms with Crippen LogP contribution in [0.15, 0.2) is 52.3 Å². The van der Waals surface area contributed by atoms with Crippen LogP contribution in [-0.4, -0.2) is 16.8 Å². The number of rotatable bonds is 5. The van der Waals surface area contributed by atoms with E-state index in [2.05, 4.69) is 0 Å². The van der Waals surface area contributed by atoms with Crippen molar-refractivity contribution in [1.29, 1.82) is 0 Å². The molecule has 1 amide bonds. The standard InChI is InChI=1S/C20H20ClNO4/c1-11(2)9-15(23)17-18(16-5-4-8-26-16)22(20(25)19(17)24)14-7-6-13(21)10-12(14)3/h4-8,10-11,18,24H,9H2,1-3H3. The third kappa shape index (κ3) is 3.15. The average Bonchev–Trinajstić information content (AvgIpc) is 3.15. The van der Waals surface area contributed by atoms with Crippen molar-refractivity contribution in [3.8, 4) is 0 Å². The number of hydrogen-bond acceptors (Lipinski definition) is 4. The van der Waals surface area contributed by atoms with Crippen LogP contribution in [-0.2, 0) is 9.59 Å². The maximum Gasteiger partial charge on any atom is 0.294 e. The molecule has 6 heteroatoms. The minimum absolute atomic E-state index is 0.0769. The Labute approximate surface area is 156 Å². The molecular formula is C20H20ClNO4. The monoisotopic (exact) mass is 373 g/mol. The summed E-state index contributed by atoms with van der Waals surface area (Å²) in [5.41, 5.74) is 1.40. The molecule has 1 atom stereocenters. The molecule has 0 aliphatic carbocycles. The number of carbonyl (C=O) groups is 2. The van der Waals surface area contributed by atoms with Crippen molar-refractivity contribution in [2.45, 2.75) is 33.2 Å². The van der Waals surface area contributed by atoms with Gasteiger partial charge in [-0.25, -0.2) is 0 Å². The van der Waals surface area contributed by atoms with Crippen LogP contribution in [0, 0.1) is 12.8 Å². The van der Waals surface area contributed by atoms with Crippen molar-refractivity contribution < 1.29 is 19.1 Å². The zero-order valence-electron chi connectivity index (χ0n) is 14.8. The van der Waals surface area contributed by atoms with E-state index < -0.39 is 17.7 Å². The quantitative estimate of drug-likeness (QED) is 0.820. The van der Waals surface area contributed by atoms with E-state index in [1.54, 1.807) is 30.3 Å². The van der Waals surface area contributed by atoms with E-state index in [-0.39, 0.29) is 23.7 Å².